The fraction of sp³-hybridized carbons (Fsp3) is 0.200. The van der Waals surface area contributed by atoms with Gasteiger partial charge in [0.05, 0.1) is 12.4 Å². The Hall–Kier alpha value is 0.120. The maximum atomic E-state index is 8.00. The van der Waals surface area contributed by atoms with Gasteiger partial charge < -0.3 is 10.1 Å². The van der Waals surface area contributed by atoms with Crippen LogP contribution in [-0.2, 0) is 0 Å². The predicted octanol–water partition coefficient (Wildman–Crippen LogP) is -0.893. The van der Waals surface area contributed by atoms with Crippen LogP contribution in [-0.4, -0.2) is 16.2 Å². The second-order valence-electron chi connectivity index (χ2n) is 1.46. The molecule has 0 atom stereocenters. The standard InChI is InChI=1S/C5H5ClN2S.HNO2.Na/c1-9-5-3-7-4(6)2-8-5;2-1-3;/h2-3H,1H3;(H,2,3);/q;;+1/p-1. The Labute approximate surface area is 107 Å². The van der Waals surface area contributed by atoms with Crippen molar-refractivity contribution in [2.45, 2.75) is 5.03 Å². The molecule has 66 valence electrons. The van der Waals surface area contributed by atoms with Crippen molar-refractivity contribution in [2.24, 2.45) is 5.34 Å². The van der Waals surface area contributed by atoms with Crippen LogP contribution in [0.2, 0.25) is 5.15 Å². The Morgan fingerprint density at radius 2 is 2.08 bits per heavy atom. The summed E-state index contributed by atoms with van der Waals surface area (Å²) >= 11 is 7.03. The van der Waals surface area contributed by atoms with Crippen LogP contribution in [0.1, 0.15) is 0 Å². The van der Waals surface area contributed by atoms with Gasteiger partial charge in [0.15, 0.2) is 0 Å². The summed E-state index contributed by atoms with van der Waals surface area (Å²) in [5.74, 6) is 0. The summed E-state index contributed by atoms with van der Waals surface area (Å²) < 4.78 is 0. The third kappa shape index (κ3) is 8.45. The number of rotatable bonds is 1. The number of halogens is 1. The molecule has 1 heterocycles. The normalized spacial score (nSPS) is 7.54. The van der Waals surface area contributed by atoms with Crippen LogP contribution in [0.4, 0.5) is 0 Å². The summed E-state index contributed by atoms with van der Waals surface area (Å²) in [5, 5.41) is 10.3. The minimum Gasteiger partial charge on any atom is -0.444 e. The van der Waals surface area contributed by atoms with Crippen LogP contribution in [0.5, 0.6) is 0 Å². The van der Waals surface area contributed by atoms with E-state index in [1.165, 1.54) is 6.20 Å². The van der Waals surface area contributed by atoms with E-state index in [4.69, 9.17) is 21.7 Å². The van der Waals surface area contributed by atoms with Gasteiger partial charge in [-0.15, -0.1) is 17.1 Å². The summed E-state index contributed by atoms with van der Waals surface area (Å²) in [5.41, 5.74) is 0. The fourth-order valence-corrected chi connectivity index (χ4v) is 0.820. The molecule has 0 unspecified atom stereocenters. The maximum absolute atomic E-state index is 8.00. The third-order valence-electron chi connectivity index (χ3n) is 0.806. The Kier molecular flexibility index (Phi) is 12.2. The Balaban J connectivity index is 0. The van der Waals surface area contributed by atoms with Crippen molar-refractivity contribution < 1.29 is 29.6 Å². The van der Waals surface area contributed by atoms with E-state index in [2.05, 4.69) is 9.97 Å². The van der Waals surface area contributed by atoms with Crippen molar-refractivity contribution in [3.05, 3.63) is 27.7 Å². The van der Waals surface area contributed by atoms with Gasteiger partial charge in [0.25, 0.3) is 0 Å². The zero-order valence-corrected chi connectivity index (χ0v) is 10.7. The summed E-state index contributed by atoms with van der Waals surface area (Å²) in [7, 11) is 0. The smallest absolute Gasteiger partial charge is 0.444 e. The molecule has 0 N–H and O–H groups in total. The molecule has 0 radical (unpaired) electrons. The topological polar surface area (TPSA) is 78.3 Å². The van der Waals surface area contributed by atoms with Crippen LogP contribution in [0.25, 0.3) is 0 Å². The molecule has 0 aromatic carbocycles. The van der Waals surface area contributed by atoms with Gasteiger partial charge in [-0.2, -0.15) is 0 Å². The van der Waals surface area contributed by atoms with Gasteiger partial charge in [-0.1, -0.05) is 11.6 Å². The first-order chi connectivity index (χ1) is 5.74. The van der Waals surface area contributed by atoms with Crippen molar-refractivity contribution in [1.29, 1.82) is 0 Å². The van der Waals surface area contributed by atoms with E-state index in [1.807, 2.05) is 6.26 Å². The van der Waals surface area contributed by atoms with Crippen LogP contribution >= 0.6 is 23.4 Å². The molecule has 0 spiro atoms. The van der Waals surface area contributed by atoms with Gasteiger partial charge in [-0.05, 0) is 6.26 Å². The van der Waals surface area contributed by atoms with Gasteiger partial charge in [0.2, 0.25) is 0 Å². The molecule has 0 saturated carbocycles. The molecule has 5 nitrogen and oxygen atoms in total. The van der Waals surface area contributed by atoms with Crippen LogP contribution in [0.3, 0.4) is 0 Å². The van der Waals surface area contributed by atoms with E-state index in [0.29, 0.717) is 5.15 Å². The second-order valence-corrected chi connectivity index (χ2v) is 2.67. The van der Waals surface area contributed by atoms with Gasteiger partial charge >= 0.3 is 29.6 Å². The molecule has 1 aromatic rings. The van der Waals surface area contributed by atoms with Crippen molar-refractivity contribution in [3.8, 4) is 0 Å². The SMILES string of the molecule is CSc1cnc(Cl)cn1.O=N[O-].[Na+]. The van der Waals surface area contributed by atoms with Crippen LogP contribution in [0, 0.1) is 10.1 Å². The van der Waals surface area contributed by atoms with Gasteiger partial charge in [-0.25, -0.2) is 9.97 Å². The third-order valence-corrected chi connectivity index (χ3v) is 1.63. The zero-order valence-electron chi connectivity index (χ0n) is 7.10. The van der Waals surface area contributed by atoms with E-state index in [1.54, 1.807) is 18.0 Å². The molecule has 0 aliphatic rings. The van der Waals surface area contributed by atoms with E-state index in [0.717, 1.165) is 10.4 Å². The fourth-order valence-electron chi connectivity index (χ4n) is 0.406. The quantitative estimate of drug-likeness (QED) is 0.270. The average molecular weight is 230 g/mol. The number of hydrogen-bond acceptors (Lipinski definition) is 6. The molecule has 13 heavy (non-hydrogen) atoms. The molecule has 0 aliphatic carbocycles. The van der Waals surface area contributed by atoms with Crippen molar-refractivity contribution in [1.82, 2.24) is 9.97 Å². The second kappa shape index (κ2) is 10.2. The number of nitrogens with zero attached hydrogens (tertiary/aromatic N) is 3. The molecule has 1 aromatic heterocycles. The molecular weight excluding hydrogens is 225 g/mol. The first kappa shape index (κ1) is 15.6. The van der Waals surface area contributed by atoms with E-state index in [9.17, 15) is 0 Å². The Morgan fingerprint density at radius 3 is 2.38 bits per heavy atom. The van der Waals surface area contributed by atoms with Crippen molar-refractivity contribution in [3.63, 3.8) is 0 Å². The molecular formula is C5H5ClN3NaO2S. The van der Waals surface area contributed by atoms with Crippen LogP contribution < -0.4 is 29.6 Å². The van der Waals surface area contributed by atoms with E-state index >= 15 is 0 Å². The zero-order chi connectivity index (χ0) is 9.40. The van der Waals surface area contributed by atoms with Crippen molar-refractivity contribution in [2.75, 3.05) is 6.26 Å². The van der Waals surface area contributed by atoms with Gasteiger partial charge in [0, 0.05) is 0 Å². The molecule has 0 fully saturated rings. The number of hydrogen-bond donors (Lipinski definition) is 0. The number of aromatic nitrogens is 2. The molecule has 0 saturated heterocycles. The molecule has 1 rings (SSSR count). The summed E-state index contributed by atoms with van der Waals surface area (Å²) in [4.78, 5) is 15.8. The van der Waals surface area contributed by atoms with E-state index < -0.39 is 0 Å². The Bertz CT molecular complexity index is 236. The molecule has 0 aliphatic heterocycles. The van der Waals surface area contributed by atoms with E-state index in [-0.39, 0.29) is 29.6 Å². The maximum Gasteiger partial charge on any atom is 1.00 e. The Morgan fingerprint density at radius 1 is 1.54 bits per heavy atom. The minimum absolute atomic E-state index is 0. The largest absolute Gasteiger partial charge is 1.00 e. The first-order valence-electron chi connectivity index (χ1n) is 2.71. The number of thioether (sulfide) groups is 1. The van der Waals surface area contributed by atoms with Gasteiger partial charge in [0.1, 0.15) is 10.2 Å². The molecule has 0 bridgehead atoms. The summed E-state index contributed by atoms with van der Waals surface area (Å²) in [6, 6.07) is 0. The molecule has 0 amide bonds. The van der Waals surface area contributed by atoms with Gasteiger partial charge in [-0.3, -0.25) is 0 Å². The molecule has 8 heteroatoms. The van der Waals surface area contributed by atoms with Crippen molar-refractivity contribution >= 4 is 23.4 Å². The summed E-state index contributed by atoms with van der Waals surface area (Å²) in [6.45, 7) is 0. The first-order valence-corrected chi connectivity index (χ1v) is 4.31. The van der Waals surface area contributed by atoms with Crippen LogP contribution in [0.15, 0.2) is 22.8 Å². The monoisotopic (exact) mass is 229 g/mol. The average Bonchev–Trinajstić information content (AvgIpc) is 2.07. The summed E-state index contributed by atoms with van der Waals surface area (Å²) in [6.07, 6.45) is 5.12. The minimum atomic E-state index is 0. The predicted molar refractivity (Wildman–Crippen MR) is 48.0 cm³/mol.